The molecule has 0 bridgehead atoms. The highest BCUT2D eigenvalue weighted by atomic mass is 32.2. The molecule has 0 aromatic heterocycles. The molecule has 0 heterocycles. The normalized spacial score (nSPS) is 11.0. The highest BCUT2D eigenvalue weighted by Crippen LogP contribution is 2.25. The maximum absolute atomic E-state index is 12.5. The molecule has 9 heteroatoms. The number of rotatable bonds is 8. The van der Waals surface area contributed by atoms with E-state index >= 15 is 0 Å². The van der Waals surface area contributed by atoms with Gasteiger partial charge < -0.3 is 15.4 Å². The number of hydrogen-bond donors (Lipinski definition) is 3. The Kier molecular flexibility index (Phi) is 7.35. The Balaban J connectivity index is 1.92. The standard InChI is InChI=1S/C20H25N3O5S/c1-13-12-19(14(2)11-18(13)28-4)29(26,27)22-10-9-21-20(25)16-5-7-17(8-6-16)23-15(3)24/h5-8,11-12,22H,9-10H2,1-4H3,(H,21,25)(H,23,24). The van der Waals surface area contributed by atoms with Crippen molar-refractivity contribution in [2.75, 3.05) is 25.5 Å². The number of carbonyl (C=O) groups excluding carboxylic acids is 2. The van der Waals surface area contributed by atoms with Crippen LogP contribution in [0.25, 0.3) is 0 Å². The smallest absolute Gasteiger partial charge is 0.251 e. The van der Waals surface area contributed by atoms with Gasteiger partial charge in [-0.25, -0.2) is 13.1 Å². The third-order valence-corrected chi connectivity index (χ3v) is 5.76. The Bertz CT molecular complexity index is 1000. The van der Waals surface area contributed by atoms with Crippen LogP contribution in [-0.4, -0.2) is 40.4 Å². The average Bonchev–Trinajstić information content (AvgIpc) is 2.66. The zero-order valence-electron chi connectivity index (χ0n) is 16.8. The molecule has 0 unspecified atom stereocenters. The first-order valence-corrected chi connectivity index (χ1v) is 10.4. The van der Waals surface area contributed by atoms with E-state index in [-0.39, 0.29) is 29.8 Å². The zero-order valence-corrected chi connectivity index (χ0v) is 17.6. The maximum Gasteiger partial charge on any atom is 0.251 e. The van der Waals surface area contributed by atoms with Crippen LogP contribution in [0.3, 0.4) is 0 Å². The molecule has 2 amide bonds. The molecule has 0 atom stereocenters. The van der Waals surface area contributed by atoms with Crippen molar-refractivity contribution >= 4 is 27.5 Å². The van der Waals surface area contributed by atoms with E-state index in [1.165, 1.54) is 14.0 Å². The molecular weight excluding hydrogens is 394 g/mol. The van der Waals surface area contributed by atoms with Gasteiger partial charge in [-0.1, -0.05) is 0 Å². The molecule has 0 aliphatic heterocycles. The highest BCUT2D eigenvalue weighted by molar-refractivity contribution is 7.89. The van der Waals surface area contributed by atoms with Gasteiger partial charge in [0.1, 0.15) is 5.75 Å². The van der Waals surface area contributed by atoms with Crippen molar-refractivity contribution in [1.29, 1.82) is 0 Å². The summed E-state index contributed by atoms with van der Waals surface area (Å²) < 4.78 is 32.8. The van der Waals surface area contributed by atoms with Crippen LogP contribution in [0, 0.1) is 13.8 Å². The van der Waals surface area contributed by atoms with Crippen molar-refractivity contribution in [3.05, 3.63) is 53.1 Å². The molecule has 2 rings (SSSR count). The fraction of sp³-hybridized carbons (Fsp3) is 0.300. The molecule has 2 aromatic carbocycles. The Morgan fingerprint density at radius 2 is 1.66 bits per heavy atom. The monoisotopic (exact) mass is 419 g/mol. The molecule has 0 saturated heterocycles. The Hall–Kier alpha value is -2.91. The minimum atomic E-state index is -3.72. The van der Waals surface area contributed by atoms with Crippen molar-refractivity contribution in [1.82, 2.24) is 10.0 Å². The van der Waals surface area contributed by atoms with Crippen LogP contribution in [0.1, 0.15) is 28.4 Å². The number of anilines is 1. The van der Waals surface area contributed by atoms with Gasteiger partial charge in [0.15, 0.2) is 0 Å². The Morgan fingerprint density at radius 3 is 2.24 bits per heavy atom. The number of sulfonamides is 1. The summed E-state index contributed by atoms with van der Waals surface area (Å²) in [6.07, 6.45) is 0. The molecular formula is C20H25N3O5S. The molecule has 0 aliphatic rings. The lowest BCUT2D eigenvalue weighted by Gasteiger charge is -2.13. The summed E-state index contributed by atoms with van der Waals surface area (Å²) in [5.41, 5.74) is 2.29. The molecule has 0 saturated carbocycles. The lowest BCUT2D eigenvalue weighted by Crippen LogP contribution is -2.35. The van der Waals surface area contributed by atoms with Gasteiger partial charge in [-0.15, -0.1) is 0 Å². The van der Waals surface area contributed by atoms with Crippen LogP contribution in [0.15, 0.2) is 41.3 Å². The number of benzene rings is 2. The van der Waals surface area contributed by atoms with E-state index in [0.29, 0.717) is 22.6 Å². The predicted molar refractivity (Wildman–Crippen MR) is 111 cm³/mol. The van der Waals surface area contributed by atoms with Crippen molar-refractivity contribution in [3.8, 4) is 5.75 Å². The van der Waals surface area contributed by atoms with Crippen molar-refractivity contribution < 1.29 is 22.7 Å². The van der Waals surface area contributed by atoms with Gasteiger partial charge in [0.25, 0.3) is 5.91 Å². The third kappa shape index (κ3) is 6.03. The van der Waals surface area contributed by atoms with Crippen LogP contribution in [-0.2, 0) is 14.8 Å². The van der Waals surface area contributed by atoms with E-state index in [1.54, 1.807) is 50.2 Å². The maximum atomic E-state index is 12.5. The lowest BCUT2D eigenvalue weighted by atomic mass is 10.1. The first-order chi connectivity index (χ1) is 13.6. The molecule has 3 N–H and O–H groups in total. The quantitative estimate of drug-likeness (QED) is 0.566. The van der Waals surface area contributed by atoms with Crippen LogP contribution in [0.2, 0.25) is 0 Å². The van der Waals surface area contributed by atoms with Gasteiger partial charge in [0, 0.05) is 31.3 Å². The second-order valence-electron chi connectivity index (χ2n) is 6.50. The van der Waals surface area contributed by atoms with E-state index in [9.17, 15) is 18.0 Å². The summed E-state index contributed by atoms with van der Waals surface area (Å²) in [6, 6.07) is 9.63. The highest BCUT2D eigenvalue weighted by Gasteiger charge is 2.18. The predicted octanol–water partition coefficient (Wildman–Crippen LogP) is 1.98. The minimum Gasteiger partial charge on any atom is -0.496 e. The van der Waals surface area contributed by atoms with Crippen molar-refractivity contribution in [2.24, 2.45) is 0 Å². The molecule has 156 valence electrons. The summed E-state index contributed by atoms with van der Waals surface area (Å²) in [4.78, 5) is 23.3. The number of ether oxygens (including phenoxy) is 1. The van der Waals surface area contributed by atoms with Crippen molar-refractivity contribution in [2.45, 2.75) is 25.7 Å². The largest absolute Gasteiger partial charge is 0.496 e. The fourth-order valence-corrected chi connectivity index (χ4v) is 4.06. The first kappa shape index (κ1) is 22.4. The number of carbonyl (C=O) groups is 2. The summed E-state index contributed by atoms with van der Waals surface area (Å²) in [5.74, 6) is 0.0880. The fourth-order valence-electron chi connectivity index (χ4n) is 2.72. The van der Waals surface area contributed by atoms with E-state index in [2.05, 4.69) is 15.4 Å². The number of aryl methyl sites for hydroxylation is 2. The first-order valence-electron chi connectivity index (χ1n) is 8.95. The minimum absolute atomic E-state index is 0.0442. The molecule has 0 spiro atoms. The van der Waals surface area contributed by atoms with Crippen LogP contribution < -0.4 is 20.1 Å². The van der Waals surface area contributed by atoms with E-state index in [4.69, 9.17) is 4.74 Å². The van der Waals surface area contributed by atoms with Gasteiger partial charge in [0.2, 0.25) is 15.9 Å². The average molecular weight is 420 g/mol. The Labute approximate surface area is 170 Å². The number of methoxy groups -OCH3 is 1. The third-order valence-electron chi connectivity index (χ3n) is 4.15. The molecule has 0 fully saturated rings. The number of amides is 2. The summed E-state index contributed by atoms with van der Waals surface area (Å²) >= 11 is 0. The molecule has 0 aliphatic carbocycles. The van der Waals surface area contributed by atoms with Gasteiger partial charge >= 0.3 is 0 Å². The van der Waals surface area contributed by atoms with Crippen LogP contribution in [0.4, 0.5) is 5.69 Å². The van der Waals surface area contributed by atoms with Gasteiger partial charge in [0.05, 0.1) is 12.0 Å². The summed E-state index contributed by atoms with van der Waals surface area (Å²) in [7, 11) is -2.18. The van der Waals surface area contributed by atoms with E-state index in [1.807, 2.05) is 0 Å². The Morgan fingerprint density at radius 1 is 1.00 bits per heavy atom. The summed E-state index contributed by atoms with van der Waals surface area (Å²) in [6.45, 7) is 5.04. The lowest BCUT2D eigenvalue weighted by molar-refractivity contribution is -0.114. The van der Waals surface area contributed by atoms with Gasteiger partial charge in [-0.2, -0.15) is 0 Å². The van der Waals surface area contributed by atoms with E-state index in [0.717, 1.165) is 5.56 Å². The molecule has 2 aromatic rings. The van der Waals surface area contributed by atoms with Crippen LogP contribution >= 0.6 is 0 Å². The number of nitrogens with one attached hydrogen (secondary N) is 3. The number of hydrogen-bond acceptors (Lipinski definition) is 5. The van der Waals surface area contributed by atoms with E-state index < -0.39 is 10.0 Å². The SMILES string of the molecule is COc1cc(C)c(S(=O)(=O)NCCNC(=O)c2ccc(NC(C)=O)cc2)cc1C. The zero-order chi connectivity index (χ0) is 21.6. The second kappa shape index (κ2) is 9.53. The summed E-state index contributed by atoms with van der Waals surface area (Å²) in [5, 5.41) is 5.27. The van der Waals surface area contributed by atoms with Gasteiger partial charge in [-0.05, 0) is 61.4 Å². The molecule has 29 heavy (non-hydrogen) atoms. The second-order valence-corrected chi connectivity index (χ2v) is 8.23. The van der Waals surface area contributed by atoms with Crippen LogP contribution in [0.5, 0.6) is 5.75 Å². The molecule has 8 nitrogen and oxygen atoms in total. The molecule has 0 radical (unpaired) electrons. The topological polar surface area (TPSA) is 114 Å². The van der Waals surface area contributed by atoms with Gasteiger partial charge in [-0.3, -0.25) is 9.59 Å². The van der Waals surface area contributed by atoms with Crippen molar-refractivity contribution in [3.63, 3.8) is 0 Å².